The van der Waals surface area contributed by atoms with Crippen LogP contribution in [-0.4, -0.2) is 0 Å². The minimum Gasteiger partial charge on any atom is -0.320 e. The van der Waals surface area contributed by atoms with Crippen LogP contribution in [0.25, 0.3) is 0 Å². The van der Waals surface area contributed by atoms with Crippen LogP contribution >= 0.6 is 45.3 Å². The second-order valence-electron chi connectivity index (χ2n) is 2.72. The van der Waals surface area contributed by atoms with Crippen molar-refractivity contribution in [3.63, 3.8) is 0 Å². The Labute approximate surface area is 98.7 Å². The molecule has 68 valence electrons. The van der Waals surface area contributed by atoms with E-state index >= 15 is 0 Å². The van der Waals surface area contributed by atoms with Crippen molar-refractivity contribution in [2.24, 2.45) is 5.73 Å². The highest BCUT2D eigenvalue weighted by Gasteiger charge is 2.10. The lowest BCUT2D eigenvalue weighted by Gasteiger charge is -2.06. The first-order valence-corrected chi connectivity index (χ1v) is 6.69. The highest BCUT2D eigenvalue weighted by Crippen LogP contribution is 2.26. The fourth-order valence-corrected chi connectivity index (χ4v) is 3.24. The van der Waals surface area contributed by atoms with E-state index in [1.54, 1.807) is 22.7 Å². The van der Waals surface area contributed by atoms with Crippen LogP contribution in [0.3, 0.4) is 0 Å². The highest BCUT2D eigenvalue weighted by molar-refractivity contribution is 14.1. The summed E-state index contributed by atoms with van der Waals surface area (Å²) < 4.78 is 1.29. The van der Waals surface area contributed by atoms with E-state index in [1.165, 1.54) is 14.0 Å². The smallest absolute Gasteiger partial charge is 0.0656 e. The third-order valence-corrected chi connectivity index (χ3v) is 4.36. The highest BCUT2D eigenvalue weighted by atomic mass is 127. The molecule has 13 heavy (non-hydrogen) atoms. The van der Waals surface area contributed by atoms with E-state index in [9.17, 15) is 0 Å². The Morgan fingerprint density at radius 3 is 2.69 bits per heavy atom. The molecule has 1 atom stereocenters. The summed E-state index contributed by atoms with van der Waals surface area (Å²) in [7, 11) is 0. The summed E-state index contributed by atoms with van der Waals surface area (Å²) in [5.41, 5.74) is 8.51. The summed E-state index contributed by atoms with van der Waals surface area (Å²) >= 11 is 5.75. The van der Waals surface area contributed by atoms with Gasteiger partial charge in [-0.1, -0.05) is 0 Å². The van der Waals surface area contributed by atoms with E-state index in [1.807, 2.05) is 0 Å². The van der Waals surface area contributed by atoms with Crippen LogP contribution in [-0.2, 0) is 0 Å². The van der Waals surface area contributed by atoms with Crippen LogP contribution < -0.4 is 5.73 Å². The summed E-state index contributed by atoms with van der Waals surface area (Å²) in [6.07, 6.45) is 0. The lowest BCUT2D eigenvalue weighted by molar-refractivity contribution is 0.882. The van der Waals surface area contributed by atoms with E-state index in [4.69, 9.17) is 5.73 Å². The number of hydrogen-bond acceptors (Lipinski definition) is 3. The van der Waals surface area contributed by atoms with Crippen LogP contribution in [0, 0.1) is 2.88 Å². The molecular formula is C9H8INS2. The van der Waals surface area contributed by atoms with Gasteiger partial charge in [0.2, 0.25) is 0 Å². The molecule has 2 aromatic heterocycles. The van der Waals surface area contributed by atoms with Gasteiger partial charge in [-0.2, -0.15) is 11.3 Å². The quantitative estimate of drug-likeness (QED) is 0.842. The monoisotopic (exact) mass is 321 g/mol. The molecule has 0 aliphatic rings. The van der Waals surface area contributed by atoms with Crippen LogP contribution in [0.1, 0.15) is 17.2 Å². The molecule has 2 heterocycles. The summed E-state index contributed by atoms with van der Waals surface area (Å²) in [5.74, 6) is 0. The Hall–Kier alpha value is 0.0900. The average Bonchev–Trinajstić information content (AvgIpc) is 2.72. The first kappa shape index (κ1) is 9.64. The second-order valence-corrected chi connectivity index (χ2v) is 6.30. The Bertz CT molecular complexity index is 380. The van der Waals surface area contributed by atoms with Gasteiger partial charge >= 0.3 is 0 Å². The Balaban J connectivity index is 2.28. The normalized spacial score (nSPS) is 13.1. The SMILES string of the molecule is NC(c1ccsc1)c1csc(I)c1. The van der Waals surface area contributed by atoms with Crippen LogP contribution in [0.2, 0.25) is 0 Å². The van der Waals surface area contributed by atoms with Crippen LogP contribution in [0.15, 0.2) is 28.3 Å². The average molecular weight is 321 g/mol. The predicted molar refractivity (Wildman–Crippen MR) is 67.4 cm³/mol. The van der Waals surface area contributed by atoms with Crippen molar-refractivity contribution < 1.29 is 0 Å². The van der Waals surface area contributed by atoms with Gasteiger partial charge in [-0.15, -0.1) is 11.3 Å². The first-order valence-electron chi connectivity index (χ1n) is 3.79. The maximum absolute atomic E-state index is 6.08. The van der Waals surface area contributed by atoms with E-state index in [0.717, 1.165) is 0 Å². The second kappa shape index (κ2) is 4.08. The van der Waals surface area contributed by atoms with Gasteiger partial charge in [-0.05, 0) is 62.0 Å². The maximum Gasteiger partial charge on any atom is 0.0656 e. The van der Waals surface area contributed by atoms with Crippen molar-refractivity contribution in [3.05, 3.63) is 42.3 Å². The molecule has 0 fully saturated rings. The third kappa shape index (κ3) is 2.12. The number of thiophene rings is 2. The Kier molecular flexibility index (Phi) is 3.02. The van der Waals surface area contributed by atoms with Crippen molar-refractivity contribution in [2.45, 2.75) is 6.04 Å². The topological polar surface area (TPSA) is 26.0 Å². The van der Waals surface area contributed by atoms with Crippen molar-refractivity contribution in [1.82, 2.24) is 0 Å². The molecule has 0 amide bonds. The predicted octanol–water partition coefficient (Wildman–Crippen LogP) is 3.46. The fourth-order valence-electron chi connectivity index (χ4n) is 1.13. The molecular weight excluding hydrogens is 313 g/mol. The van der Waals surface area contributed by atoms with Crippen LogP contribution in [0.5, 0.6) is 0 Å². The lowest BCUT2D eigenvalue weighted by Crippen LogP contribution is -2.09. The molecule has 0 aliphatic carbocycles. The molecule has 2 rings (SSSR count). The third-order valence-electron chi connectivity index (χ3n) is 1.85. The zero-order chi connectivity index (χ0) is 9.26. The summed E-state index contributed by atoms with van der Waals surface area (Å²) in [6.45, 7) is 0. The van der Waals surface area contributed by atoms with Crippen molar-refractivity contribution in [2.75, 3.05) is 0 Å². The standard InChI is InChI=1S/C9H8INS2/c10-8-3-7(5-13-8)9(11)6-1-2-12-4-6/h1-5,9H,11H2. The molecule has 0 radical (unpaired) electrons. The molecule has 0 bridgehead atoms. The molecule has 1 nitrogen and oxygen atoms in total. The first-order chi connectivity index (χ1) is 6.27. The molecule has 0 aromatic carbocycles. The molecule has 4 heteroatoms. The maximum atomic E-state index is 6.08. The molecule has 0 spiro atoms. The number of halogens is 1. The number of nitrogens with two attached hydrogens (primary N) is 1. The molecule has 0 saturated carbocycles. The van der Waals surface area contributed by atoms with E-state index in [2.05, 4.69) is 50.9 Å². The number of hydrogen-bond donors (Lipinski definition) is 1. The molecule has 0 aliphatic heterocycles. The summed E-state index contributed by atoms with van der Waals surface area (Å²) in [4.78, 5) is 0. The minimum atomic E-state index is 0.0472. The molecule has 2 aromatic rings. The lowest BCUT2D eigenvalue weighted by atomic mass is 10.1. The fraction of sp³-hybridized carbons (Fsp3) is 0.111. The van der Waals surface area contributed by atoms with Crippen molar-refractivity contribution in [1.29, 1.82) is 0 Å². The van der Waals surface area contributed by atoms with Gasteiger partial charge in [0, 0.05) is 0 Å². The summed E-state index contributed by atoms with van der Waals surface area (Å²) in [6, 6.07) is 4.28. The Morgan fingerprint density at radius 2 is 2.15 bits per heavy atom. The van der Waals surface area contributed by atoms with Gasteiger partial charge in [0.15, 0.2) is 0 Å². The molecule has 1 unspecified atom stereocenters. The van der Waals surface area contributed by atoms with E-state index in [-0.39, 0.29) is 6.04 Å². The van der Waals surface area contributed by atoms with E-state index < -0.39 is 0 Å². The van der Waals surface area contributed by atoms with Gasteiger partial charge in [0.05, 0.1) is 8.93 Å². The zero-order valence-electron chi connectivity index (χ0n) is 6.74. The van der Waals surface area contributed by atoms with Crippen molar-refractivity contribution >= 4 is 45.3 Å². The summed E-state index contributed by atoms with van der Waals surface area (Å²) in [5, 5.41) is 6.30. The van der Waals surface area contributed by atoms with Gasteiger partial charge < -0.3 is 5.73 Å². The largest absolute Gasteiger partial charge is 0.320 e. The molecule has 0 saturated heterocycles. The van der Waals surface area contributed by atoms with Crippen LogP contribution in [0.4, 0.5) is 0 Å². The van der Waals surface area contributed by atoms with Gasteiger partial charge in [-0.3, -0.25) is 0 Å². The van der Waals surface area contributed by atoms with Gasteiger partial charge in [-0.25, -0.2) is 0 Å². The Morgan fingerprint density at radius 1 is 1.31 bits per heavy atom. The van der Waals surface area contributed by atoms with Crippen molar-refractivity contribution in [3.8, 4) is 0 Å². The van der Waals surface area contributed by atoms with E-state index in [0.29, 0.717) is 0 Å². The van der Waals surface area contributed by atoms with Gasteiger partial charge in [0.1, 0.15) is 0 Å². The number of rotatable bonds is 2. The molecule has 2 N–H and O–H groups in total. The minimum absolute atomic E-state index is 0.0472. The zero-order valence-corrected chi connectivity index (χ0v) is 10.5. The van der Waals surface area contributed by atoms with Gasteiger partial charge in [0.25, 0.3) is 0 Å².